The molecule has 1 aliphatic heterocycles. The Balaban J connectivity index is 2.16. The van der Waals surface area contributed by atoms with Gasteiger partial charge in [-0.2, -0.15) is 0 Å². The van der Waals surface area contributed by atoms with E-state index in [0.717, 1.165) is 11.5 Å². The summed E-state index contributed by atoms with van der Waals surface area (Å²) in [4.78, 5) is 0. The first-order valence-electron chi connectivity index (χ1n) is 3.93. The maximum absolute atomic E-state index is 8.42. The molecule has 60 valence electrons. The Hall–Kier alpha value is 0.270. The second kappa shape index (κ2) is 4.99. The van der Waals surface area contributed by atoms with E-state index in [9.17, 15) is 0 Å². The van der Waals surface area contributed by atoms with Gasteiger partial charge in [-0.3, -0.25) is 0 Å². The standard InChI is InChI=1S/C7H14O2S/c8-9-10-6-4-2-1-3-5-7-10/h1-7H2/p+1. The van der Waals surface area contributed by atoms with Crippen molar-refractivity contribution in [2.24, 2.45) is 0 Å². The molecule has 2 nitrogen and oxygen atoms in total. The molecule has 1 rings (SSSR count). The zero-order valence-corrected chi connectivity index (χ0v) is 7.03. The lowest BCUT2D eigenvalue weighted by Gasteiger charge is -2.06. The molecule has 1 saturated heterocycles. The van der Waals surface area contributed by atoms with Crippen molar-refractivity contribution in [3.63, 3.8) is 0 Å². The van der Waals surface area contributed by atoms with E-state index in [1.807, 2.05) is 0 Å². The lowest BCUT2D eigenvalue weighted by Crippen LogP contribution is -2.15. The number of rotatable bonds is 1. The summed E-state index contributed by atoms with van der Waals surface area (Å²) in [7, 11) is 0. The van der Waals surface area contributed by atoms with Gasteiger partial charge in [0.05, 0.1) is 0 Å². The molecule has 0 aromatic rings. The topological polar surface area (TPSA) is 29.5 Å². The molecule has 0 spiro atoms. The summed E-state index contributed by atoms with van der Waals surface area (Å²) >= 11 is -0.125. The highest BCUT2D eigenvalue weighted by Crippen LogP contribution is 2.13. The number of hydrogen-bond donors (Lipinski definition) is 1. The van der Waals surface area contributed by atoms with E-state index in [0.29, 0.717) is 0 Å². The quantitative estimate of drug-likeness (QED) is 0.364. The molecule has 10 heavy (non-hydrogen) atoms. The largest absolute Gasteiger partial charge is 0.204 e. The van der Waals surface area contributed by atoms with Crippen LogP contribution < -0.4 is 0 Å². The molecule has 1 heterocycles. The van der Waals surface area contributed by atoms with Gasteiger partial charge in [0.2, 0.25) is 0 Å². The van der Waals surface area contributed by atoms with Gasteiger partial charge in [-0.25, -0.2) is 5.26 Å². The third kappa shape index (κ3) is 2.90. The van der Waals surface area contributed by atoms with Crippen molar-refractivity contribution in [2.75, 3.05) is 11.5 Å². The van der Waals surface area contributed by atoms with Crippen LogP contribution in [0.3, 0.4) is 0 Å². The zero-order chi connectivity index (χ0) is 7.23. The molecular formula is C7H15O2S+. The maximum Gasteiger partial charge on any atom is 0.186 e. The highest BCUT2D eigenvalue weighted by molar-refractivity contribution is 7.92. The van der Waals surface area contributed by atoms with Crippen LogP contribution in [0.2, 0.25) is 0 Å². The molecule has 1 aliphatic rings. The Kier molecular flexibility index (Phi) is 4.18. The molecule has 0 atom stereocenters. The monoisotopic (exact) mass is 163 g/mol. The van der Waals surface area contributed by atoms with Crippen molar-refractivity contribution in [2.45, 2.75) is 32.1 Å². The summed E-state index contributed by atoms with van der Waals surface area (Å²) in [6.07, 6.45) is 6.44. The van der Waals surface area contributed by atoms with E-state index < -0.39 is 0 Å². The van der Waals surface area contributed by atoms with Gasteiger partial charge >= 0.3 is 0 Å². The normalized spacial score (nSPS) is 23.7. The summed E-state index contributed by atoms with van der Waals surface area (Å²) < 4.78 is 4.35. The van der Waals surface area contributed by atoms with Gasteiger partial charge in [0, 0.05) is 0 Å². The minimum absolute atomic E-state index is 0.125. The van der Waals surface area contributed by atoms with E-state index in [1.54, 1.807) is 0 Å². The van der Waals surface area contributed by atoms with E-state index in [2.05, 4.69) is 4.33 Å². The molecule has 1 fully saturated rings. The average Bonchev–Trinajstić information content (AvgIpc) is 1.87. The Labute approximate surface area is 65.1 Å². The fraction of sp³-hybridized carbons (Fsp3) is 1.00. The van der Waals surface area contributed by atoms with Gasteiger partial charge in [-0.15, -0.1) is 0 Å². The van der Waals surface area contributed by atoms with Crippen LogP contribution in [0.1, 0.15) is 32.1 Å². The molecule has 1 N–H and O–H groups in total. The van der Waals surface area contributed by atoms with Crippen LogP contribution in [0, 0.1) is 0 Å². The van der Waals surface area contributed by atoms with Gasteiger partial charge in [0.15, 0.2) is 11.2 Å². The highest BCUT2D eigenvalue weighted by atomic mass is 32.2. The van der Waals surface area contributed by atoms with Gasteiger partial charge in [0.25, 0.3) is 0 Å². The predicted molar refractivity (Wildman–Crippen MR) is 43.9 cm³/mol. The van der Waals surface area contributed by atoms with Gasteiger partial charge in [0.1, 0.15) is 11.5 Å². The third-order valence-electron chi connectivity index (χ3n) is 1.85. The van der Waals surface area contributed by atoms with Crippen molar-refractivity contribution in [1.29, 1.82) is 0 Å². The Morgan fingerprint density at radius 3 is 1.90 bits per heavy atom. The Morgan fingerprint density at radius 2 is 1.40 bits per heavy atom. The van der Waals surface area contributed by atoms with Crippen molar-refractivity contribution in [3.8, 4) is 0 Å². The SMILES string of the molecule is OO[S+]1CCCCCCC1. The van der Waals surface area contributed by atoms with E-state index in [4.69, 9.17) is 5.26 Å². The van der Waals surface area contributed by atoms with E-state index >= 15 is 0 Å². The molecule has 0 radical (unpaired) electrons. The zero-order valence-electron chi connectivity index (χ0n) is 6.21. The summed E-state index contributed by atoms with van der Waals surface area (Å²) in [6.45, 7) is 0. The summed E-state index contributed by atoms with van der Waals surface area (Å²) in [6, 6.07) is 0. The molecule has 0 unspecified atom stereocenters. The first-order chi connectivity index (χ1) is 4.93. The fourth-order valence-corrected chi connectivity index (χ4v) is 2.64. The van der Waals surface area contributed by atoms with Crippen LogP contribution >= 0.6 is 0 Å². The summed E-state index contributed by atoms with van der Waals surface area (Å²) in [5.74, 6) is 2.13. The molecule has 0 bridgehead atoms. The van der Waals surface area contributed by atoms with E-state index in [-0.39, 0.29) is 11.2 Å². The van der Waals surface area contributed by atoms with Crippen molar-refractivity contribution >= 4 is 11.2 Å². The third-order valence-corrected chi connectivity index (χ3v) is 3.55. The maximum atomic E-state index is 8.42. The summed E-state index contributed by atoms with van der Waals surface area (Å²) in [5.41, 5.74) is 0. The minimum atomic E-state index is -0.125. The lowest BCUT2D eigenvalue weighted by atomic mass is 10.2. The molecular weight excluding hydrogens is 148 g/mol. The van der Waals surface area contributed by atoms with Gasteiger partial charge in [-0.05, 0) is 30.0 Å². The van der Waals surface area contributed by atoms with Crippen molar-refractivity contribution < 1.29 is 9.59 Å². The molecule has 0 aliphatic carbocycles. The molecule has 0 aromatic carbocycles. The molecule has 0 aromatic heterocycles. The predicted octanol–water partition coefficient (Wildman–Crippen LogP) is 1.97. The van der Waals surface area contributed by atoms with Gasteiger partial charge in [-0.1, -0.05) is 6.42 Å². The van der Waals surface area contributed by atoms with Crippen molar-refractivity contribution in [3.05, 3.63) is 0 Å². The van der Waals surface area contributed by atoms with Crippen LogP contribution in [0.15, 0.2) is 0 Å². The lowest BCUT2D eigenvalue weighted by molar-refractivity contribution is -0.122. The highest BCUT2D eigenvalue weighted by Gasteiger charge is 2.20. The minimum Gasteiger partial charge on any atom is -0.204 e. The second-order valence-corrected chi connectivity index (χ2v) is 4.54. The number of hydrogen-bond acceptors (Lipinski definition) is 2. The first kappa shape index (κ1) is 8.37. The first-order valence-corrected chi connectivity index (χ1v) is 5.41. The van der Waals surface area contributed by atoms with Crippen LogP contribution in [0.5, 0.6) is 0 Å². The summed E-state index contributed by atoms with van der Waals surface area (Å²) in [5, 5.41) is 8.42. The smallest absolute Gasteiger partial charge is 0.186 e. The van der Waals surface area contributed by atoms with Crippen molar-refractivity contribution in [1.82, 2.24) is 0 Å². The second-order valence-electron chi connectivity index (χ2n) is 2.69. The van der Waals surface area contributed by atoms with E-state index in [1.165, 1.54) is 32.1 Å². The Morgan fingerprint density at radius 1 is 0.900 bits per heavy atom. The fourth-order valence-electron chi connectivity index (χ4n) is 1.23. The van der Waals surface area contributed by atoms with Crippen LogP contribution in [0.4, 0.5) is 0 Å². The molecule has 0 amide bonds. The molecule has 3 heteroatoms. The van der Waals surface area contributed by atoms with Crippen LogP contribution in [0.25, 0.3) is 0 Å². The average molecular weight is 163 g/mol. The Bertz CT molecular complexity index is 79.7. The van der Waals surface area contributed by atoms with Crippen LogP contribution in [-0.2, 0) is 15.5 Å². The molecule has 0 saturated carbocycles. The van der Waals surface area contributed by atoms with Crippen LogP contribution in [-0.4, -0.2) is 16.8 Å². The van der Waals surface area contributed by atoms with Gasteiger partial charge < -0.3 is 0 Å².